The van der Waals surface area contributed by atoms with Gasteiger partial charge in [0.25, 0.3) is 12.3 Å². The molecule has 0 aliphatic carbocycles. The van der Waals surface area contributed by atoms with Gasteiger partial charge >= 0.3 is 0 Å². The Morgan fingerprint density at radius 2 is 2.21 bits per heavy atom. The fourth-order valence-electron chi connectivity index (χ4n) is 2.89. The average Bonchev–Trinajstić information content (AvgIpc) is 2.93. The molecule has 1 N–H and O–H groups in total. The Bertz CT molecular complexity index is 730. The summed E-state index contributed by atoms with van der Waals surface area (Å²) in [6, 6.07) is 0.698. The van der Waals surface area contributed by atoms with Crippen LogP contribution < -0.4 is 0 Å². The summed E-state index contributed by atoms with van der Waals surface area (Å²) >= 11 is 0. The number of aryl methyl sites for hydroxylation is 2. The number of aromatic nitrogens is 4. The third-order valence-corrected chi connectivity index (χ3v) is 4.04. The minimum Gasteiger partial charge on any atom is -0.377 e. The van der Waals surface area contributed by atoms with Crippen molar-refractivity contribution >= 4 is 5.91 Å². The predicted octanol–water partition coefficient (Wildman–Crippen LogP) is 1.97. The lowest BCUT2D eigenvalue weighted by Gasteiger charge is -2.35. The lowest BCUT2D eigenvalue weighted by molar-refractivity contribution is -0.00336. The van der Waals surface area contributed by atoms with Gasteiger partial charge in [0.2, 0.25) is 0 Å². The third-order valence-electron chi connectivity index (χ3n) is 4.04. The van der Waals surface area contributed by atoms with Gasteiger partial charge in [0.15, 0.2) is 0 Å². The third kappa shape index (κ3) is 2.99. The van der Waals surface area contributed by atoms with Crippen molar-refractivity contribution in [3.05, 3.63) is 40.7 Å². The number of rotatable bonds is 3. The van der Waals surface area contributed by atoms with Crippen LogP contribution in [0.3, 0.4) is 0 Å². The van der Waals surface area contributed by atoms with E-state index in [1.165, 1.54) is 0 Å². The van der Waals surface area contributed by atoms with Crippen LogP contribution in [0, 0.1) is 13.8 Å². The van der Waals surface area contributed by atoms with Crippen LogP contribution in [0.5, 0.6) is 0 Å². The lowest BCUT2D eigenvalue weighted by Crippen LogP contribution is -2.44. The van der Waals surface area contributed by atoms with E-state index in [4.69, 9.17) is 4.74 Å². The molecule has 3 heterocycles. The van der Waals surface area contributed by atoms with Crippen LogP contribution in [0.15, 0.2) is 12.4 Å². The van der Waals surface area contributed by atoms with Crippen LogP contribution in [-0.2, 0) is 4.74 Å². The first-order chi connectivity index (χ1) is 11.5. The zero-order chi connectivity index (χ0) is 17.3. The topological polar surface area (TPSA) is 84.0 Å². The first-order valence-corrected chi connectivity index (χ1v) is 7.49. The maximum Gasteiger partial charge on any atom is 0.280 e. The molecule has 3 rings (SSSR count). The van der Waals surface area contributed by atoms with E-state index in [1.807, 2.05) is 13.8 Å². The summed E-state index contributed by atoms with van der Waals surface area (Å²) in [7, 11) is 0. The predicted molar refractivity (Wildman–Crippen MR) is 79.6 cm³/mol. The molecule has 2 aromatic heterocycles. The molecular weight excluding hydrogens is 320 g/mol. The minimum absolute atomic E-state index is 0.0500. The number of carbonyl (C=O) groups is 1. The molecule has 1 unspecified atom stereocenters. The first-order valence-electron chi connectivity index (χ1n) is 7.49. The fourth-order valence-corrected chi connectivity index (χ4v) is 2.89. The van der Waals surface area contributed by atoms with E-state index >= 15 is 0 Å². The number of ether oxygens (including phenoxy) is 1. The summed E-state index contributed by atoms with van der Waals surface area (Å²) in [6.07, 6.45) is -1.77. The highest BCUT2D eigenvalue weighted by Crippen LogP contribution is 2.29. The molecule has 24 heavy (non-hydrogen) atoms. The largest absolute Gasteiger partial charge is 0.377 e. The van der Waals surface area contributed by atoms with Crippen LogP contribution in [0.25, 0.3) is 0 Å². The van der Waals surface area contributed by atoms with Crippen molar-refractivity contribution < 1.29 is 18.3 Å². The number of halogens is 2. The number of alkyl halides is 2. The molecule has 1 aliphatic heterocycles. The summed E-state index contributed by atoms with van der Waals surface area (Å²) < 4.78 is 31.1. The summed E-state index contributed by atoms with van der Waals surface area (Å²) in [5, 5.41) is 7.04. The van der Waals surface area contributed by atoms with Gasteiger partial charge in [-0.3, -0.25) is 9.89 Å². The second kappa shape index (κ2) is 6.60. The van der Waals surface area contributed by atoms with Crippen molar-refractivity contribution in [1.82, 2.24) is 25.1 Å². The van der Waals surface area contributed by atoms with E-state index in [9.17, 15) is 13.6 Å². The van der Waals surface area contributed by atoms with E-state index in [1.54, 1.807) is 4.90 Å². The molecular formula is C15H17F2N5O2. The van der Waals surface area contributed by atoms with E-state index in [-0.39, 0.29) is 11.7 Å². The van der Waals surface area contributed by atoms with Gasteiger partial charge in [-0.1, -0.05) is 0 Å². The van der Waals surface area contributed by atoms with Crippen molar-refractivity contribution in [2.75, 3.05) is 19.8 Å². The summed E-state index contributed by atoms with van der Waals surface area (Å²) in [6.45, 7) is 4.76. The molecule has 0 radical (unpaired) electrons. The Balaban J connectivity index is 1.93. The molecule has 9 heteroatoms. The molecule has 0 bridgehead atoms. The van der Waals surface area contributed by atoms with Crippen molar-refractivity contribution in [2.24, 2.45) is 0 Å². The average molecular weight is 337 g/mol. The molecule has 128 valence electrons. The number of nitrogens with one attached hydrogen (secondary N) is 1. The Morgan fingerprint density at radius 3 is 2.88 bits per heavy atom. The van der Waals surface area contributed by atoms with Crippen molar-refractivity contribution in [3.63, 3.8) is 0 Å². The van der Waals surface area contributed by atoms with E-state index in [0.717, 1.165) is 29.3 Å². The van der Waals surface area contributed by atoms with Crippen molar-refractivity contribution in [3.8, 4) is 0 Å². The SMILES string of the molecule is Cc1n[nH]c(C)c1C1COCCN1C(=O)c1cc(C(F)F)ncn1. The molecule has 1 aliphatic rings. The van der Waals surface area contributed by atoms with E-state index in [0.29, 0.717) is 19.8 Å². The van der Waals surface area contributed by atoms with Crippen LogP contribution >= 0.6 is 0 Å². The monoisotopic (exact) mass is 337 g/mol. The number of amides is 1. The number of carbonyl (C=O) groups excluding carboxylic acids is 1. The van der Waals surface area contributed by atoms with Crippen LogP contribution in [0.1, 0.15) is 45.6 Å². The highest BCUT2D eigenvalue weighted by Gasteiger charge is 2.33. The molecule has 1 atom stereocenters. The number of morpholine rings is 1. The number of H-pyrrole nitrogens is 1. The van der Waals surface area contributed by atoms with Gasteiger partial charge < -0.3 is 9.64 Å². The number of hydrogen-bond donors (Lipinski definition) is 1. The number of aromatic amines is 1. The van der Waals surface area contributed by atoms with Crippen LogP contribution in [0.2, 0.25) is 0 Å². The molecule has 0 saturated carbocycles. The quantitative estimate of drug-likeness (QED) is 0.926. The van der Waals surface area contributed by atoms with Gasteiger partial charge in [-0.05, 0) is 19.9 Å². The highest BCUT2D eigenvalue weighted by atomic mass is 19.3. The standard InChI is InChI=1S/C15H17F2N5O2/c1-8-13(9(2)21-20-8)12-6-24-4-3-22(12)15(23)11-5-10(14(16)17)18-7-19-11/h5,7,12,14H,3-4,6H2,1-2H3,(H,20,21). The Labute approximate surface area is 137 Å². The van der Waals surface area contributed by atoms with Gasteiger partial charge in [-0.2, -0.15) is 5.10 Å². The molecule has 1 amide bonds. The Kier molecular flexibility index (Phi) is 4.52. The maximum atomic E-state index is 12.8. The Morgan fingerprint density at radius 1 is 1.42 bits per heavy atom. The zero-order valence-electron chi connectivity index (χ0n) is 13.3. The maximum absolute atomic E-state index is 12.8. The normalized spacial score (nSPS) is 18.2. The van der Waals surface area contributed by atoms with E-state index < -0.39 is 18.0 Å². The van der Waals surface area contributed by atoms with Crippen molar-refractivity contribution in [1.29, 1.82) is 0 Å². The van der Waals surface area contributed by atoms with Crippen LogP contribution in [0.4, 0.5) is 8.78 Å². The van der Waals surface area contributed by atoms with Crippen LogP contribution in [-0.4, -0.2) is 50.7 Å². The van der Waals surface area contributed by atoms with Gasteiger partial charge in [0.05, 0.1) is 24.9 Å². The second-order valence-corrected chi connectivity index (χ2v) is 5.57. The molecule has 0 spiro atoms. The lowest BCUT2D eigenvalue weighted by atomic mass is 10.0. The van der Waals surface area contributed by atoms with Gasteiger partial charge in [0.1, 0.15) is 17.7 Å². The molecule has 0 aromatic carbocycles. The summed E-state index contributed by atoms with van der Waals surface area (Å²) in [5.74, 6) is -0.424. The molecule has 1 saturated heterocycles. The number of nitrogens with zero attached hydrogens (tertiary/aromatic N) is 4. The summed E-state index contributed by atoms with van der Waals surface area (Å²) in [5.41, 5.74) is 1.99. The molecule has 7 nitrogen and oxygen atoms in total. The number of hydrogen-bond acceptors (Lipinski definition) is 5. The minimum atomic E-state index is -2.75. The first kappa shape index (κ1) is 16.4. The fraction of sp³-hybridized carbons (Fsp3) is 0.467. The van der Waals surface area contributed by atoms with Gasteiger partial charge in [-0.15, -0.1) is 0 Å². The molecule has 1 fully saturated rings. The summed E-state index contributed by atoms with van der Waals surface area (Å²) in [4.78, 5) is 21.7. The van der Waals surface area contributed by atoms with Gasteiger partial charge in [0, 0.05) is 17.8 Å². The van der Waals surface area contributed by atoms with Crippen molar-refractivity contribution in [2.45, 2.75) is 26.3 Å². The smallest absolute Gasteiger partial charge is 0.280 e. The Hall–Kier alpha value is -2.42. The molecule has 2 aromatic rings. The van der Waals surface area contributed by atoms with E-state index in [2.05, 4.69) is 20.2 Å². The van der Waals surface area contributed by atoms with Gasteiger partial charge in [-0.25, -0.2) is 18.7 Å². The highest BCUT2D eigenvalue weighted by molar-refractivity contribution is 5.92. The second-order valence-electron chi connectivity index (χ2n) is 5.57. The zero-order valence-corrected chi connectivity index (χ0v) is 13.3.